The van der Waals surface area contributed by atoms with Crippen molar-refractivity contribution in [1.29, 1.82) is 5.26 Å². The molecule has 1 heterocycles. The van der Waals surface area contributed by atoms with E-state index in [-0.39, 0.29) is 0 Å². The number of nitriles is 1. The zero-order chi connectivity index (χ0) is 16.8. The number of hydrogen-bond donors (Lipinski definition) is 2. The number of aromatic nitrogens is 2. The summed E-state index contributed by atoms with van der Waals surface area (Å²) in [6, 6.07) is 18.6. The van der Waals surface area contributed by atoms with Crippen molar-refractivity contribution in [3.05, 3.63) is 66.5 Å². The number of benzene rings is 2. The molecule has 0 fully saturated rings. The molecule has 0 aliphatic rings. The molecule has 6 nitrogen and oxygen atoms in total. The number of anilines is 4. The first kappa shape index (κ1) is 15.3. The normalized spacial score (nSPS) is 9.83. The second-order valence-corrected chi connectivity index (χ2v) is 4.93. The third-order valence-electron chi connectivity index (χ3n) is 3.32. The van der Waals surface area contributed by atoms with Gasteiger partial charge in [0.05, 0.1) is 24.4 Å². The molecule has 3 rings (SSSR count). The monoisotopic (exact) mass is 317 g/mol. The molecule has 3 aromatic rings. The summed E-state index contributed by atoms with van der Waals surface area (Å²) in [5.74, 6) is 2.02. The van der Waals surface area contributed by atoms with Crippen LogP contribution in [-0.2, 0) is 0 Å². The van der Waals surface area contributed by atoms with Crippen LogP contribution in [0, 0.1) is 11.3 Å². The summed E-state index contributed by atoms with van der Waals surface area (Å²) < 4.78 is 5.32. The molecule has 24 heavy (non-hydrogen) atoms. The highest BCUT2D eigenvalue weighted by molar-refractivity contribution is 5.67. The van der Waals surface area contributed by atoms with Crippen molar-refractivity contribution in [3.8, 4) is 11.8 Å². The van der Waals surface area contributed by atoms with E-state index < -0.39 is 0 Å². The SMILES string of the molecule is COc1ccccc1Nc1cc(Nc2ccc(C#N)cc2)ncn1. The lowest BCUT2D eigenvalue weighted by atomic mass is 10.2. The average molecular weight is 317 g/mol. The predicted molar refractivity (Wildman–Crippen MR) is 92.7 cm³/mol. The highest BCUT2D eigenvalue weighted by atomic mass is 16.5. The van der Waals surface area contributed by atoms with E-state index in [2.05, 4.69) is 26.7 Å². The van der Waals surface area contributed by atoms with Crippen LogP contribution in [0.5, 0.6) is 5.75 Å². The van der Waals surface area contributed by atoms with Crippen LogP contribution in [0.15, 0.2) is 60.9 Å². The second kappa shape index (κ2) is 7.11. The summed E-state index contributed by atoms with van der Waals surface area (Å²) in [6.45, 7) is 0. The zero-order valence-corrected chi connectivity index (χ0v) is 13.0. The molecule has 1 aromatic heterocycles. The first-order chi connectivity index (χ1) is 11.8. The van der Waals surface area contributed by atoms with Gasteiger partial charge < -0.3 is 15.4 Å². The van der Waals surface area contributed by atoms with E-state index in [9.17, 15) is 0 Å². The maximum absolute atomic E-state index is 8.83. The fourth-order valence-electron chi connectivity index (χ4n) is 2.16. The van der Waals surface area contributed by atoms with Crippen molar-refractivity contribution in [1.82, 2.24) is 9.97 Å². The Labute approximate surface area is 139 Å². The molecular formula is C18H15N5O. The van der Waals surface area contributed by atoms with Crippen LogP contribution in [-0.4, -0.2) is 17.1 Å². The fraction of sp³-hybridized carbons (Fsp3) is 0.0556. The molecule has 0 aliphatic heterocycles. The van der Waals surface area contributed by atoms with Crippen LogP contribution in [0.2, 0.25) is 0 Å². The number of hydrogen-bond acceptors (Lipinski definition) is 6. The first-order valence-electron chi connectivity index (χ1n) is 7.28. The minimum Gasteiger partial charge on any atom is -0.495 e. The van der Waals surface area contributed by atoms with Crippen LogP contribution in [0.4, 0.5) is 23.0 Å². The Kier molecular flexibility index (Phi) is 4.54. The summed E-state index contributed by atoms with van der Waals surface area (Å²) in [7, 11) is 1.62. The largest absolute Gasteiger partial charge is 0.495 e. The van der Waals surface area contributed by atoms with Gasteiger partial charge in [-0.2, -0.15) is 5.26 Å². The molecule has 0 atom stereocenters. The number of nitrogens with zero attached hydrogens (tertiary/aromatic N) is 3. The Bertz CT molecular complexity index is 871. The molecule has 0 spiro atoms. The molecule has 0 aliphatic carbocycles. The van der Waals surface area contributed by atoms with E-state index in [0.717, 1.165) is 17.1 Å². The summed E-state index contributed by atoms with van der Waals surface area (Å²) in [5, 5.41) is 15.2. The maximum Gasteiger partial charge on any atom is 0.142 e. The number of ether oxygens (including phenoxy) is 1. The summed E-state index contributed by atoms with van der Waals surface area (Å²) >= 11 is 0. The van der Waals surface area contributed by atoms with Gasteiger partial charge in [0.1, 0.15) is 23.7 Å². The minimum absolute atomic E-state index is 0.613. The van der Waals surface area contributed by atoms with Crippen molar-refractivity contribution in [2.24, 2.45) is 0 Å². The molecular weight excluding hydrogens is 302 g/mol. The molecule has 0 amide bonds. The van der Waals surface area contributed by atoms with Crippen molar-refractivity contribution in [3.63, 3.8) is 0 Å². The summed E-state index contributed by atoms with van der Waals surface area (Å²) in [5.41, 5.74) is 2.28. The van der Waals surface area contributed by atoms with E-state index in [0.29, 0.717) is 17.2 Å². The molecule has 0 saturated heterocycles. The van der Waals surface area contributed by atoms with Gasteiger partial charge in [-0.15, -0.1) is 0 Å². The van der Waals surface area contributed by atoms with E-state index in [1.165, 1.54) is 6.33 Å². The first-order valence-corrected chi connectivity index (χ1v) is 7.28. The highest BCUT2D eigenvalue weighted by Gasteiger charge is 2.04. The summed E-state index contributed by atoms with van der Waals surface area (Å²) in [6.07, 6.45) is 1.48. The van der Waals surface area contributed by atoms with Crippen LogP contribution in [0.3, 0.4) is 0 Å². The van der Waals surface area contributed by atoms with E-state index >= 15 is 0 Å². The number of nitrogens with one attached hydrogen (secondary N) is 2. The molecule has 0 radical (unpaired) electrons. The van der Waals surface area contributed by atoms with Gasteiger partial charge in [0.25, 0.3) is 0 Å². The Hall–Kier alpha value is -3.59. The zero-order valence-electron chi connectivity index (χ0n) is 13.0. The minimum atomic E-state index is 0.613. The quantitative estimate of drug-likeness (QED) is 0.744. The van der Waals surface area contributed by atoms with Gasteiger partial charge in [-0.3, -0.25) is 0 Å². The molecule has 118 valence electrons. The third kappa shape index (κ3) is 3.59. The molecule has 6 heteroatoms. The third-order valence-corrected chi connectivity index (χ3v) is 3.32. The lowest BCUT2D eigenvalue weighted by Gasteiger charge is -2.11. The summed E-state index contributed by atoms with van der Waals surface area (Å²) in [4.78, 5) is 8.42. The maximum atomic E-state index is 8.83. The Morgan fingerprint density at radius 1 is 0.958 bits per heavy atom. The number of rotatable bonds is 5. The van der Waals surface area contributed by atoms with Gasteiger partial charge in [0.2, 0.25) is 0 Å². The van der Waals surface area contributed by atoms with Gasteiger partial charge in [0, 0.05) is 11.8 Å². The van der Waals surface area contributed by atoms with Gasteiger partial charge >= 0.3 is 0 Å². The molecule has 0 unspecified atom stereocenters. The van der Waals surface area contributed by atoms with Crippen LogP contribution in [0.25, 0.3) is 0 Å². The van der Waals surface area contributed by atoms with Crippen molar-refractivity contribution >= 4 is 23.0 Å². The van der Waals surface area contributed by atoms with Gasteiger partial charge in [-0.05, 0) is 36.4 Å². The fourth-order valence-corrected chi connectivity index (χ4v) is 2.16. The van der Waals surface area contributed by atoms with Gasteiger partial charge in [-0.25, -0.2) is 9.97 Å². The van der Waals surface area contributed by atoms with Crippen LogP contribution >= 0.6 is 0 Å². The molecule has 0 bridgehead atoms. The van der Waals surface area contributed by atoms with Gasteiger partial charge in [-0.1, -0.05) is 12.1 Å². The highest BCUT2D eigenvalue weighted by Crippen LogP contribution is 2.27. The number of methoxy groups -OCH3 is 1. The van der Waals surface area contributed by atoms with Crippen LogP contribution < -0.4 is 15.4 Å². The topological polar surface area (TPSA) is 82.9 Å². The second-order valence-electron chi connectivity index (χ2n) is 4.93. The van der Waals surface area contributed by atoms with E-state index in [1.54, 1.807) is 25.3 Å². The van der Waals surface area contributed by atoms with Crippen molar-refractivity contribution in [2.75, 3.05) is 17.7 Å². The van der Waals surface area contributed by atoms with Crippen molar-refractivity contribution < 1.29 is 4.74 Å². The Morgan fingerprint density at radius 2 is 1.67 bits per heavy atom. The smallest absolute Gasteiger partial charge is 0.142 e. The van der Waals surface area contributed by atoms with Gasteiger partial charge in [0.15, 0.2) is 0 Å². The molecule has 0 saturated carbocycles. The number of para-hydroxylation sites is 2. The lowest BCUT2D eigenvalue weighted by molar-refractivity contribution is 0.417. The lowest BCUT2D eigenvalue weighted by Crippen LogP contribution is -1.99. The predicted octanol–water partition coefficient (Wildman–Crippen LogP) is 3.84. The van der Waals surface area contributed by atoms with E-state index in [4.69, 9.17) is 10.00 Å². The van der Waals surface area contributed by atoms with Crippen LogP contribution in [0.1, 0.15) is 5.56 Å². The Morgan fingerprint density at radius 3 is 2.38 bits per heavy atom. The molecule has 2 aromatic carbocycles. The van der Waals surface area contributed by atoms with Crippen molar-refractivity contribution in [2.45, 2.75) is 0 Å². The average Bonchev–Trinajstić information content (AvgIpc) is 2.63. The Balaban J connectivity index is 1.77. The van der Waals surface area contributed by atoms with E-state index in [1.807, 2.05) is 36.4 Å². The standard InChI is InChI=1S/C18H15N5O/c1-24-16-5-3-2-4-15(16)23-18-10-17(20-12-21-18)22-14-8-6-13(11-19)7-9-14/h2-10,12H,1H3,(H2,20,21,22,23). The molecule has 2 N–H and O–H groups in total.